The third-order valence-corrected chi connectivity index (χ3v) is 4.40. The third kappa shape index (κ3) is 4.03. The van der Waals surface area contributed by atoms with Crippen LogP contribution < -0.4 is 10.0 Å². The Morgan fingerprint density at radius 1 is 1.30 bits per heavy atom. The average Bonchev–Trinajstić information content (AvgIpc) is 2.46. The molecule has 0 amide bonds. The second kappa shape index (κ2) is 6.83. The molecule has 0 aliphatic carbocycles. The van der Waals surface area contributed by atoms with Gasteiger partial charge in [-0.2, -0.15) is 0 Å². The van der Waals surface area contributed by atoms with Crippen LogP contribution in [-0.2, 0) is 19.6 Å². The molecule has 112 valence electrons. The smallest absolute Gasteiger partial charge is 0.322 e. The van der Waals surface area contributed by atoms with Gasteiger partial charge in [-0.15, -0.1) is 0 Å². The van der Waals surface area contributed by atoms with Gasteiger partial charge in [0.2, 0.25) is 10.0 Å². The van der Waals surface area contributed by atoms with Crippen molar-refractivity contribution in [1.29, 1.82) is 0 Å². The molecule has 1 aromatic rings. The fraction of sp³-hybridized carbons (Fsp3) is 0.462. The minimum Gasteiger partial charge on any atom is -0.468 e. The van der Waals surface area contributed by atoms with E-state index in [1.54, 1.807) is 25.1 Å². The summed E-state index contributed by atoms with van der Waals surface area (Å²) in [5.74, 6) is -0.365. The summed E-state index contributed by atoms with van der Waals surface area (Å²) in [4.78, 5) is 11.6. The molecule has 0 aromatic heterocycles. The lowest BCUT2D eigenvalue weighted by molar-refractivity contribution is -0.142. The number of rotatable bonds is 6. The first-order valence-electron chi connectivity index (χ1n) is 6.19. The lowest BCUT2D eigenvalue weighted by Gasteiger charge is -2.19. The highest BCUT2D eigenvalue weighted by Crippen LogP contribution is 2.17. The zero-order chi connectivity index (χ0) is 15.3. The summed E-state index contributed by atoms with van der Waals surface area (Å²) >= 11 is 0. The number of carbonyl (C=O) groups excluding carboxylic acids is 1. The highest BCUT2D eigenvalue weighted by atomic mass is 32.2. The van der Waals surface area contributed by atoms with Crippen LogP contribution in [0.3, 0.4) is 0 Å². The topological polar surface area (TPSA) is 84.5 Å². The van der Waals surface area contributed by atoms with E-state index in [-0.39, 0.29) is 16.9 Å². The molecule has 0 spiro atoms. The molecule has 6 nitrogen and oxygen atoms in total. The molecular formula is C13H20N2O4S. The van der Waals surface area contributed by atoms with Gasteiger partial charge in [0, 0.05) is 6.04 Å². The first kappa shape index (κ1) is 16.6. The molecule has 1 rings (SSSR count). The van der Waals surface area contributed by atoms with Crippen molar-refractivity contribution in [2.24, 2.45) is 0 Å². The molecule has 1 aromatic carbocycles. The zero-order valence-corrected chi connectivity index (χ0v) is 12.8. The van der Waals surface area contributed by atoms with Crippen molar-refractivity contribution in [3.8, 4) is 0 Å². The molecule has 0 aliphatic heterocycles. The van der Waals surface area contributed by atoms with Gasteiger partial charge in [0.15, 0.2) is 0 Å². The molecule has 0 bridgehead atoms. The summed E-state index contributed by atoms with van der Waals surface area (Å²) in [6.45, 7) is 3.54. The van der Waals surface area contributed by atoms with Crippen LogP contribution in [0.2, 0.25) is 0 Å². The quantitative estimate of drug-likeness (QED) is 0.759. The Labute approximate surface area is 119 Å². The molecule has 0 saturated carbocycles. The van der Waals surface area contributed by atoms with Crippen molar-refractivity contribution in [3.05, 3.63) is 29.8 Å². The average molecular weight is 300 g/mol. The number of sulfonamides is 1. The monoisotopic (exact) mass is 300 g/mol. The van der Waals surface area contributed by atoms with Crippen LogP contribution in [0.5, 0.6) is 0 Å². The van der Waals surface area contributed by atoms with Crippen LogP contribution in [0.25, 0.3) is 0 Å². The van der Waals surface area contributed by atoms with Crippen molar-refractivity contribution in [2.45, 2.75) is 30.8 Å². The first-order valence-corrected chi connectivity index (χ1v) is 7.67. The summed E-state index contributed by atoms with van der Waals surface area (Å²) in [6, 6.07) is 5.91. The maximum atomic E-state index is 11.7. The molecule has 0 aliphatic rings. The molecule has 0 fully saturated rings. The van der Waals surface area contributed by atoms with E-state index in [2.05, 4.69) is 14.8 Å². The van der Waals surface area contributed by atoms with E-state index in [9.17, 15) is 13.2 Å². The molecule has 2 atom stereocenters. The van der Waals surface area contributed by atoms with Crippen molar-refractivity contribution in [3.63, 3.8) is 0 Å². The van der Waals surface area contributed by atoms with E-state index in [0.717, 1.165) is 5.56 Å². The molecule has 0 saturated heterocycles. The summed E-state index contributed by atoms with van der Waals surface area (Å²) in [5.41, 5.74) is 0.775. The van der Waals surface area contributed by atoms with Crippen molar-refractivity contribution in [2.75, 3.05) is 14.2 Å². The number of methoxy groups -OCH3 is 1. The van der Waals surface area contributed by atoms with Gasteiger partial charge in [-0.3, -0.25) is 10.1 Å². The minimum absolute atomic E-state index is 0.184. The maximum Gasteiger partial charge on any atom is 0.322 e. The molecular weight excluding hydrogens is 280 g/mol. The predicted molar refractivity (Wildman–Crippen MR) is 75.7 cm³/mol. The van der Waals surface area contributed by atoms with E-state index in [1.165, 1.54) is 20.2 Å². The lowest BCUT2D eigenvalue weighted by atomic mass is 10.1. The van der Waals surface area contributed by atoms with E-state index in [0.29, 0.717) is 0 Å². The summed E-state index contributed by atoms with van der Waals surface area (Å²) in [7, 11) is -0.784. The Morgan fingerprint density at radius 3 is 2.50 bits per heavy atom. The normalized spacial score (nSPS) is 14.6. The summed E-state index contributed by atoms with van der Waals surface area (Å²) < 4.78 is 30.4. The number of carbonyl (C=O) groups is 1. The van der Waals surface area contributed by atoms with Gasteiger partial charge in [-0.25, -0.2) is 13.1 Å². The molecule has 2 N–H and O–H groups in total. The van der Waals surface area contributed by atoms with E-state index in [4.69, 9.17) is 0 Å². The van der Waals surface area contributed by atoms with Gasteiger partial charge < -0.3 is 4.74 Å². The van der Waals surface area contributed by atoms with Gasteiger partial charge in [0.05, 0.1) is 12.0 Å². The van der Waals surface area contributed by atoms with Crippen molar-refractivity contribution < 1.29 is 17.9 Å². The minimum atomic E-state index is -3.47. The van der Waals surface area contributed by atoms with Gasteiger partial charge in [0.1, 0.15) is 6.04 Å². The van der Waals surface area contributed by atoms with E-state index >= 15 is 0 Å². The first-order chi connectivity index (χ1) is 9.31. The van der Waals surface area contributed by atoms with Crippen LogP contribution in [-0.4, -0.2) is 34.6 Å². The lowest BCUT2D eigenvalue weighted by Crippen LogP contribution is -2.36. The molecule has 20 heavy (non-hydrogen) atoms. The van der Waals surface area contributed by atoms with Crippen LogP contribution in [0, 0.1) is 0 Å². The van der Waals surface area contributed by atoms with Gasteiger partial charge in [-0.05, 0) is 38.6 Å². The number of benzene rings is 1. The SMILES string of the molecule is CNS(=O)(=O)c1cccc([C@@H](C)N[C@H](C)C(=O)OC)c1. The van der Waals surface area contributed by atoms with Gasteiger partial charge in [0.25, 0.3) is 0 Å². The summed E-state index contributed by atoms with van der Waals surface area (Å²) in [6.07, 6.45) is 0. The Morgan fingerprint density at radius 2 is 1.95 bits per heavy atom. The second-order valence-electron chi connectivity index (χ2n) is 4.41. The number of esters is 1. The standard InChI is InChI=1S/C13H20N2O4S/c1-9(15-10(2)13(16)19-4)11-6-5-7-12(8-11)20(17,18)14-3/h5-10,14-15H,1-4H3/t9-,10-/m1/s1. The van der Waals surface area contributed by atoms with Crippen LogP contribution in [0.4, 0.5) is 0 Å². The van der Waals surface area contributed by atoms with Gasteiger partial charge in [-0.1, -0.05) is 12.1 Å². The van der Waals surface area contributed by atoms with E-state index < -0.39 is 16.1 Å². The van der Waals surface area contributed by atoms with Crippen LogP contribution in [0.1, 0.15) is 25.5 Å². The number of hydrogen-bond donors (Lipinski definition) is 2. The molecule has 0 radical (unpaired) electrons. The van der Waals surface area contributed by atoms with Gasteiger partial charge >= 0.3 is 5.97 Å². The fourth-order valence-corrected chi connectivity index (χ4v) is 2.57. The maximum absolute atomic E-state index is 11.7. The Bertz CT molecular complexity index is 571. The number of ether oxygens (including phenoxy) is 1. The number of hydrogen-bond acceptors (Lipinski definition) is 5. The molecule has 0 unspecified atom stereocenters. The Hall–Kier alpha value is -1.44. The van der Waals surface area contributed by atoms with E-state index in [1.807, 2.05) is 6.92 Å². The number of nitrogens with one attached hydrogen (secondary N) is 2. The van der Waals surface area contributed by atoms with Crippen LogP contribution >= 0.6 is 0 Å². The second-order valence-corrected chi connectivity index (χ2v) is 6.30. The molecule has 7 heteroatoms. The highest BCUT2D eigenvalue weighted by Gasteiger charge is 2.18. The third-order valence-electron chi connectivity index (χ3n) is 2.99. The van der Waals surface area contributed by atoms with Crippen molar-refractivity contribution >= 4 is 16.0 Å². The molecule has 0 heterocycles. The Kier molecular flexibility index (Phi) is 5.67. The summed E-state index contributed by atoms with van der Waals surface area (Å²) in [5, 5.41) is 3.05. The van der Waals surface area contributed by atoms with Crippen LogP contribution in [0.15, 0.2) is 29.2 Å². The highest BCUT2D eigenvalue weighted by molar-refractivity contribution is 7.89. The fourth-order valence-electron chi connectivity index (χ4n) is 1.78. The Balaban J connectivity index is 2.92. The largest absolute Gasteiger partial charge is 0.468 e. The predicted octanol–water partition coefficient (Wildman–Crippen LogP) is 0.807. The van der Waals surface area contributed by atoms with Crippen molar-refractivity contribution in [1.82, 2.24) is 10.0 Å². The zero-order valence-electron chi connectivity index (χ0n) is 12.0.